The second-order valence-electron chi connectivity index (χ2n) is 6.44. The fourth-order valence-corrected chi connectivity index (χ4v) is 3.63. The van der Waals surface area contributed by atoms with Crippen LogP contribution in [-0.4, -0.2) is 69.2 Å². The zero-order valence-corrected chi connectivity index (χ0v) is 16.4. The Labute approximate surface area is 160 Å². The molecule has 0 saturated carbocycles. The van der Waals surface area contributed by atoms with E-state index in [1.54, 1.807) is 37.1 Å². The molecule has 144 valence electrons. The lowest BCUT2D eigenvalue weighted by molar-refractivity contribution is -0.148. The summed E-state index contributed by atoms with van der Waals surface area (Å²) in [7, 11) is 4.97. The highest BCUT2D eigenvalue weighted by molar-refractivity contribution is 6.31. The number of nitrogens with zero attached hydrogens (tertiary/aromatic N) is 2. The van der Waals surface area contributed by atoms with Crippen molar-refractivity contribution in [3.63, 3.8) is 0 Å². The summed E-state index contributed by atoms with van der Waals surface area (Å²) < 4.78 is 10.2. The molecule has 0 radical (unpaired) electrons. The van der Waals surface area contributed by atoms with Gasteiger partial charge in [0, 0.05) is 45.8 Å². The second-order valence-corrected chi connectivity index (χ2v) is 6.85. The molecule has 1 saturated heterocycles. The van der Waals surface area contributed by atoms with Gasteiger partial charge in [-0.2, -0.15) is 0 Å². The first-order valence-electron chi connectivity index (χ1n) is 8.78. The number of ether oxygens (including phenoxy) is 2. The third kappa shape index (κ3) is 4.75. The molecule has 1 heterocycles. The summed E-state index contributed by atoms with van der Waals surface area (Å²) in [5.74, 6) is -0.316. The van der Waals surface area contributed by atoms with E-state index >= 15 is 0 Å². The summed E-state index contributed by atoms with van der Waals surface area (Å²) in [4.78, 5) is 29.1. The third-order valence-corrected chi connectivity index (χ3v) is 5.14. The maximum atomic E-state index is 13.1. The van der Waals surface area contributed by atoms with Gasteiger partial charge in [-0.15, -0.1) is 0 Å². The van der Waals surface area contributed by atoms with Gasteiger partial charge >= 0.3 is 0 Å². The van der Waals surface area contributed by atoms with E-state index in [2.05, 4.69) is 0 Å². The summed E-state index contributed by atoms with van der Waals surface area (Å²) in [6.45, 7) is 1.81. The van der Waals surface area contributed by atoms with Gasteiger partial charge in [0.1, 0.15) is 0 Å². The number of hydrogen-bond donors (Lipinski definition) is 0. The summed E-state index contributed by atoms with van der Waals surface area (Å²) in [6, 6.07) is 7.02. The minimum atomic E-state index is -0.391. The van der Waals surface area contributed by atoms with Crippen LogP contribution in [0.2, 0.25) is 5.02 Å². The fourth-order valence-electron chi connectivity index (χ4n) is 3.39. The van der Waals surface area contributed by atoms with E-state index in [1.165, 1.54) is 0 Å². The van der Waals surface area contributed by atoms with Gasteiger partial charge in [-0.25, -0.2) is 0 Å². The zero-order valence-electron chi connectivity index (χ0n) is 15.6. The number of likely N-dealkylation sites (tertiary alicyclic amines) is 1. The van der Waals surface area contributed by atoms with E-state index in [1.807, 2.05) is 18.2 Å². The Kier molecular flexibility index (Phi) is 7.87. The number of piperidine rings is 1. The van der Waals surface area contributed by atoms with E-state index < -0.39 is 6.04 Å². The molecule has 0 unspecified atom stereocenters. The molecule has 2 rings (SSSR count). The minimum Gasteiger partial charge on any atom is -0.383 e. The van der Waals surface area contributed by atoms with Crippen molar-refractivity contribution in [3.05, 3.63) is 34.9 Å². The molecule has 7 heteroatoms. The van der Waals surface area contributed by atoms with Gasteiger partial charge in [-0.05, 0) is 18.1 Å². The first kappa shape index (κ1) is 20.7. The van der Waals surface area contributed by atoms with Crippen molar-refractivity contribution in [1.82, 2.24) is 9.80 Å². The van der Waals surface area contributed by atoms with E-state index in [0.717, 1.165) is 5.56 Å². The van der Waals surface area contributed by atoms with Crippen LogP contribution in [0, 0.1) is 5.92 Å². The number of hydrogen-bond acceptors (Lipinski definition) is 4. The number of likely N-dealkylation sites (N-methyl/N-ethyl adjacent to an activating group) is 1. The Balaban J connectivity index is 2.36. The summed E-state index contributed by atoms with van der Waals surface area (Å²) in [6.07, 6.45) is 0.855. The Morgan fingerprint density at radius 2 is 1.96 bits per heavy atom. The van der Waals surface area contributed by atoms with Crippen molar-refractivity contribution in [1.29, 1.82) is 0 Å². The number of carbonyl (C=O) groups is 2. The lowest BCUT2D eigenvalue weighted by atomic mass is 9.83. The fraction of sp³-hybridized carbons (Fsp3) is 0.579. The molecule has 6 nitrogen and oxygen atoms in total. The van der Waals surface area contributed by atoms with Crippen LogP contribution in [0.4, 0.5) is 0 Å². The molecule has 2 atom stereocenters. The minimum absolute atomic E-state index is 0.00175. The first-order chi connectivity index (χ1) is 12.5. The van der Waals surface area contributed by atoms with E-state index in [9.17, 15) is 9.59 Å². The third-order valence-electron chi connectivity index (χ3n) is 4.79. The maximum Gasteiger partial charge on any atom is 0.227 e. The van der Waals surface area contributed by atoms with E-state index in [0.29, 0.717) is 44.2 Å². The summed E-state index contributed by atoms with van der Waals surface area (Å²) in [5.41, 5.74) is 0.803. The van der Waals surface area contributed by atoms with Crippen LogP contribution in [0.15, 0.2) is 24.3 Å². The smallest absolute Gasteiger partial charge is 0.227 e. The molecule has 0 aromatic heterocycles. The molecule has 26 heavy (non-hydrogen) atoms. The second kappa shape index (κ2) is 9.90. The molecule has 1 fully saturated rings. The average Bonchev–Trinajstić information content (AvgIpc) is 2.65. The van der Waals surface area contributed by atoms with Crippen LogP contribution in [0.1, 0.15) is 24.4 Å². The molecule has 1 aromatic rings. The quantitative estimate of drug-likeness (QED) is 0.692. The van der Waals surface area contributed by atoms with Crippen molar-refractivity contribution in [2.75, 3.05) is 47.6 Å². The van der Waals surface area contributed by atoms with Gasteiger partial charge in [-0.1, -0.05) is 29.8 Å². The van der Waals surface area contributed by atoms with Crippen LogP contribution < -0.4 is 0 Å². The predicted octanol–water partition coefficient (Wildman–Crippen LogP) is 2.37. The number of methoxy groups -OCH3 is 2. The van der Waals surface area contributed by atoms with Crippen molar-refractivity contribution >= 4 is 23.4 Å². The zero-order chi connectivity index (χ0) is 19.1. The van der Waals surface area contributed by atoms with Crippen molar-refractivity contribution in [2.45, 2.75) is 18.9 Å². The summed E-state index contributed by atoms with van der Waals surface area (Å²) >= 11 is 6.42. The number of amides is 2. The Morgan fingerprint density at radius 1 is 1.27 bits per heavy atom. The molecular formula is C19H27ClN2O4. The monoisotopic (exact) mass is 382 g/mol. The number of benzene rings is 1. The van der Waals surface area contributed by atoms with Crippen LogP contribution in [0.25, 0.3) is 0 Å². The van der Waals surface area contributed by atoms with E-state index in [4.69, 9.17) is 21.1 Å². The molecular weight excluding hydrogens is 356 g/mol. The predicted molar refractivity (Wildman–Crippen MR) is 100 cm³/mol. The standard InChI is InChI=1S/C19H27ClN2O4/c1-21(10-12-25-2)19(24)15-8-9-17(23)22(11-13-26-3)18(15)14-6-4-5-7-16(14)20/h4-7,15,18H,8-13H2,1-3H3/t15-,18+/m1/s1. The highest BCUT2D eigenvalue weighted by Crippen LogP contribution is 2.40. The van der Waals surface area contributed by atoms with Crippen molar-refractivity contribution in [3.8, 4) is 0 Å². The average molecular weight is 383 g/mol. The molecule has 0 aliphatic carbocycles. The van der Waals surface area contributed by atoms with Crippen molar-refractivity contribution < 1.29 is 19.1 Å². The van der Waals surface area contributed by atoms with Crippen LogP contribution in [0.3, 0.4) is 0 Å². The lowest BCUT2D eigenvalue weighted by Gasteiger charge is -2.42. The van der Waals surface area contributed by atoms with Gasteiger partial charge in [0.15, 0.2) is 0 Å². The summed E-state index contributed by atoms with van der Waals surface area (Å²) in [5, 5.41) is 0.562. The Hall–Kier alpha value is -1.63. The normalized spacial score (nSPS) is 20.3. The first-order valence-corrected chi connectivity index (χ1v) is 9.15. The maximum absolute atomic E-state index is 13.1. The highest BCUT2D eigenvalue weighted by atomic mass is 35.5. The highest BCUT2D eigenvalue weighted by Gasteiger charge is 2.42. The number of rotatable bonds is 8. The molecule has 1 aromatic carbocycles. The molecule has 0 spiro atoms. The SMILES string of the molecule is COCCN(C)C(=O)[C@@H]1CCC(=O)N(CCOC)[C@H]1c1ccccc1Cl. The lowest BCUT2D eigenvalue weighted by Crippen LogP contribution is -2.49. The topological polar surface area (TPSA) is 59.1 Å². The van der Waals surface area contributed by atoms with Crippen LogP contribution in [-0.2, 0) is 19.1 Å². The molecule has 2 amide bonds. The number of carbonyl (C=O) groups excluding carboxylic acids is 2. The van der Waals surface area contributed by atoms with Gasteiger partial charge in [0.05, 0.1) is 25.2 Å². The number of halogens is 1. The largest absolute Gasteiger partial charge is 0.383 e. The molecule has 1 aliphatic heterocycles. The Morgan fingerprint density at radius 3 is 2.62 bits per heavy atom. The van der Waals surface area contributed by atoms with E-state index in [-0.39, 0.29) is 17.7 Å². The van der Waals surface area contributed by atoms with Gasteiger partial charge in [0.25, 0.3) is 0 Å². The van der Waals surface area contributed by atoms with Crippen molar-refractivity contribution in [2.24, 2.45) is 5.92 Å². The van der Waals surface area contributed by atoms with Crippen LogP contribution >= 0.6 is 11.6 Å². The van der Waals surface area contributed by atoms with Gasteiger partial charge in [-0.3, -0.25) is 9.59 Å². The molecule has 0 N–H and O–H groups in total. The van der Waals surface area contributed by atoms with Gasteiger partial charge < -0.3 is 19.3 Å². The van der Waals surface area contributed by atoms with Crippen LogP contribution in [0.5, 0.6) is 0 Å². The molecule has 0 bridgehead atoms. The molecule has 1 aliphatic rings. The Bertz CT molecular complexity index is 625. The van der Waals surface area contributed by atoms with Gasteiger partial charge in [0.2, 0.25) is 11.8 Å².